The van der Waals surface area contributed by atoms with Crippen molar-refractivity contribution in [2.45, 2.75) is 19.4 Å². The second-order valence-electron chi connectivity index (χ2n) is 4.49. The van der Waals surface area contributed by atoms with E-state index in [9.17, 15) is 4.39 Å². The minimum Gasteiger partial charge on any atom is -0.309 e. The Morgan fingerprint density at radius 1 is 1.16 bits per heavy atom. The van der Waals surface area contributed by atoms with E-state index in [4.69, 9.17) is 0 Å². The van der Waals surface area contributed by atoms with E-state index in [-0.39, 0.29) is 11.9 Å². The molecule has 1 unspecified atom stereocenters. The van der Waals surface area contributed by atoms with Crippen LogP contribution < -0.4 is 5.32 Å². The van der Waals surface area contributed by atoms with Gasteiger partial charge < -0.3 is 5.32 Å². The van der Waals surface area contributed by atoms with E-state index in [1.54, 1.807) is 0 Å². The van der Waals surface area contributed by atoms with Crippen molar-refractivity contribution in [3.8, 4) is 0 Å². The summed E-state index contributed by atoms with van der Waals surface area (Å²) in [5, 5.41) is 3.29. The summed E-state index contributed by atoms with van der Waals surface area (Å²) in [6, 6.07) is 13.7. The first-order valence-corrected chi connectivity index (χ1v) is 7.16. The van der Waals surface area contributed by atoms with Gasteiger partial charge >= 0.3 is 0 Å². The van der Waals surface area contributed by atoms with Gasteiger partial charge in [-0.15, -0.1) is 0 Å². The first kappa shape index (κ1) is 14.2. The van der Waals surface area contributed by atoms with E-state index in [1.165, 1.54) is 17.2 Å². The van der Waals surface area contributed by atoms with Gasteiger partial charge in [-0.3, -0.25) is 0 Å². The molecule has 3 heteroatoms. The summed E-state index contributed by atoms with van der Waals surface area (Å²) in [4.78, 5) is 0. The van der Waals surface area contributed by atoms with Crippen LogP contribution in [0.15, 0.2) is 46.9 Å². The molecule has 0 spiro atoms. The highest BCUT2D eigenvalue weighted by Gasteiger charge is 2.13. The maximum Gasteiger partial charge on any atom is 0.137 e. The Kier molecular flexibility index (Phi) is 4.72. The van der Waals surface area contributed by atoms with E-state index in [0.29, 0.717) is 4.47 Å². The monoisotopic (exact) mass is 321 g/mol. The van der Waals surface area contributed by atoms with Crippen LogP contribution in [0.2, 0.25) is 0 Å². The SMILES string of the molecule is CCc1cccc(C(NC)c2ccc(F)c(Br)c2)c1. The lowest BCUT2D eigenvalue weighted by Crippen LogP contribution is -2.17. The Morgan fingerprint density at radius 3 is 2.53 bits per heavy atom. The van der Waals surface area contributed by atoms with Gasteiger partial charge in [0.1, 0.15) is 5.82 Å². The predicted octanol–water partition coefficient (Wildman–Crippen LogP) is 4.46. The van der Waals surface area contributed by atoms with Crippen molar-refractivity contribution in [3.63, 3.8) is 0 Å². The third kappa shape index (κ3) is 3.23. The average molecular weight is 322 g/mol. The van der Waals surface area contributed by atoms with Crippen molar-refractivity contribution in [1.82, 2.24) is 5.32 Å². The molecule has 0 aliphatic heterocycles. The minimum atomic E-state index is -0.235. The Bertz CT molecular complexity index is 568. The third-order valence-corrected chi connectivity index (χ3v) is 3.87. The quantitative estimate of drug-likeness (QED) is 0.876. The van der Waals surface area contributed by atoms with Crippen LogP contribution in [0.4, 0.5) is 4.39 Å². The van der Waals surface area contributed by atoms with Gasteiger partial charge in [0.05, 0.1) is 10.5 Å². The average Bonchev–Trinajstić information content (AvgIpc) is 2.44. The number of aryl methyl sites for hydroxylation is 1. The minimum absolute atomic E-state index is 0.0726. The molecule has 1 N–H and O–H groups in total. The van der Waals surface area contributed by atoms with Crippen LogP contribution in [-0.4, -0.2) is 7.05 Å². The molecule has 0 saturated carbocycles. The number of rotatable bonds is 4. The normalized spacial score (nSPS) is 12.4. The van der Waals surface area contributed by atoms with Crippen molar-refractivity contribution in [1.29, 1.82) is 0 Å². The van der Waals surface area contributed by atoms with Gasteiger partial charge in [0, 0.05) is 0 Å². The first-order chi connectivity index (χ1) is 9.15. The summed E-state index contributed by atoms with van der Waals surface area (Å²) in [5.74, 6) is -0.235. The molecule has 0 saturated heterocycles. The highest BCUT2D eigenvalue weighted by molar-refractivity contribution is 9.10. The fraction of sp³-hybridized carbons (Fsp3) is 0.250. The molecule has 1 atom stereocenters. The van der Waals surface area contributed by atoms with E-state index in [1.807, 2.05) is 19.2 Å². The van der Waals surface area contributed by atoms with Gasteiger partial charge in [-0.25, -0.2) is 4.39 Å². The van der Waals surface area contributed by atoms with Gasteiger partial charge in [0.25, 0.3) is 0 Å². The molecule has 0 aromatic heterocycles. The van der Waals surface area contributed by atoms with E-state index >= 15 is 0 Å². The summed E-state index contributed by atoms with van der Waals surface area (Å²) >= 11 is 3.24. The van der Waals surface area contributed by atoms with Crippen LogP contribution in [0, 0.1) is 5.82 Å². The summed E-state index contributed by atoms with van der Waals surface area (Å²) in [5.41, 5.74) is 3.54. The molecule has 0 bridgehead atoms. The highest BCUT2D eigenvalue weighted by atomic mass is 79.9. The van der Waals surface area contributed by atoms with Crippen LogP contribution in [-0.2, 0) is 6.42 Å². The number of halogens is 2. The van der Waals surface area contributed by atoms with Crippen molar-refractivity contribution >= 4 is 15.9 Å². The lowest BCUT2D eigenvalue weighted by atomic mass is 9.97. The van der Waals surface area contributed by atoms with Crippen molar-refractivity contribution in [3.05, 3.63) is 69.4 Å². The number of hydrogen-bond acceptors (Lipinski definition) is 1. The summed E-state index contributed by atoms with van der Waals surface area (Å²) in [6.45, 7) is 2.14. The summed E-state index contributed by atoms with van der Waals surface area (Å²) < 4.78 is 13.8. The molecule has 0 aliphatic carbocycles. The van der Waals surface area contributed by atoms with Gasteiger partial charge in [-0.05, 0) is 58.2 Å². The first-order valence-electron chi connectivity index (χ1n) is 6.36. The Balaban J connectivity index is 2.40. The molecule has 2 aromatic rings. The largest absolute Gasteiger partial charge is 0.309 e. The molecule has 0 radical (unpaired) electrons. The van der Waals surface area contributed by atoms with Gasteiger partial charge in [0.15, 0.2) is 0 Å². The van der Waals surface area contributed by atoms with Crippen LogP contribution in [0.3, 0.4) is 0 Å². The third-order valence-electron chi connectivity index (χ3n) is 3.26. The standard InChI is InChI=1S/C16H17BrFN/c1-3-11-5-4-6-12(9-11)16(19-2)13-7-8-15(18)14(17)10-13/h4-10,16,19H,3H2,1-2H3. The number of benzene rings is 2. The number of hydrogen-bond donors (Lipinski definition) is 1. The smallest absolute Gasteiger partial charge is 0.137 e. The van der Waals surface area contributed by atoms with Crippen molar-refractivity contribution in [2.75, 3.05) is 7.05 Å². The van der Waals surface area contributed by atoms with Crippen LogP contribution >= 0.6 is 15.9 Å². The molecule has 2 aromatic carbocycles. The summed E-state index contributed by atoms with van der Waals surface area (Å²) in [7, 11) is 1.92. The van der Waals surface area contributed by atoms with Crippen LogP contribution in [0.25, 0.3) is 0 Å². The zero-order chi connectivity index (χ0) is 13.8. The number of nitrogens with one attached hydrogen (secondary N) is 1. The molecule has 100 valence electrons. The molecule has 0 fully saturated rings. The summed E-state index contributed by atoms with van der Waals surface area (Å²) in [6.07, 6.45) is 1.01. The molecule has 0 heterocycles. The molecular weight excluding hydrogens is 305 g/mol. The molecule has 0 amide bonds. The van der Waals surface area contributed by atoms with Gasteiger partial charge in [-0.1, -0.05) is 37.3 Å². The maximum absolute atomic E-state index is 13.3. The molecule has 0 aliphatic rings. The molecule has 1 nitrogen and oxygen atoms in total. The van der Waals surface area contributed by atoms with Crippen LogP contribution in [0.1, 0.15) is 29.7 Å². The van der Waals surface area contributed by atoms with E-state index in [0.717, 1.165) is 12.0 Å². The lowest BCUT2D eigenvalue weighted by Gasteiger charge is -2.18. The topological polar surface area (TPSA) is 12.0 Å². The fourth-order valence-electron chi connectivity index (χ4n) is 2.21. The predicted molar refractivity (Wildman–Crippen MR) is 80.8 cm³/mol. The zero-order valence-corrected chi connectivity index (χ0v) is 12.7. The Morgan fingerprint density at radius 2 is 1.89 bits per heavy atom. The molecule has 19 heavy (non-hydrogen) atoms. The second kappa shape index (κ2) is 6.31. The van der Waals surface area contributed by atoms with E-state index < -0.39 is 0 Å². The van der Waals surface area contributed by atoms with Gasteiger partial charge in [-0.2, -0.15) is 0 Å². The van der Waals surface area contributed by atoms with Gasteiger partial charge in [0.2, 0.25) is 0 Å². The highest BCUT2D eigenvalue weighted by Crippen LogP contribution is 2.26. The van der Waals surface area contributed by atoms with Crippen molar-refractivity contribution in [2.24, 2.45) is 0 Å². The fourth-order valence-corrected chi connectivity index (χ4v) is 2.61. The van der Waals surface area contributed by atoms with E-state index in [2.05, 4.69) is 52.4 Å². The Labute approximate surface area is 122 Å². The zero-order valence-electron chi connectivity index (χ0n) is 11.1. The molecular formula is C16H17BrFN. The molecule has 2 rings (SSSR count). The second-order valence-corrected chi connectivity index (χ2v) is 5.35. The van der Waals surface area contributed by atoms with Crippen LogP contribution in [0.5, 0.6) is 0 Å². The lowest BCUT2D eigenvalue weighted by molar-refractivity contribution is 0.616. The van der Waals surface area contributed by atoms with Crippen molar-refractivity contribution < 1.29 is 4.39 Å². The maximum atomic E-state index is 13.3. The Hall–Kier alpha value is -1.19.